The Morgan fingerprint density at radius 1 is 1.14 bits per heavy atom. The van der Waals surface area contributed by atoms with Gasteiger partial charge in [-0.25, -0.2) is 4.39 Å². The quantitative estimate of drug-likeness (QED) is 0.751. The molecule has 1 nitrogen and oxygen atoms in total. The van der Waals surface area contributed by atoms with Crippen molar-refractivity contribution >= 4 is 27.7 Å². The third-order valence-electron chi connectivity index (χ3n) is 2.84. The minimum absolute atomic E-state index is 0.0280. The molecule has 0 heterocycles. The molecule has 0 aliphatic heterocycles. The molecule has 0 bridgehead atoms. The Labute approximate surface area is 138 Å². The molecule has 0 spiro atoms. The highest BCUT2D eigenvalue weighted by Crippen LogP contribution is 2.31. The molecule has 0 aromatic heterocycles. The second-order valence-corrected chi connectivity index (χ2v) is 7.96. The molecule has 0 atom stereocenters. The minimum Gasteiger partial charge on any atom is -0.308 e. The van der Waals surface area contributed by atoms with Crippen LogP contribution in [-0.4, -0.2) is 5.54 Å². The number of benzene rings is 2. The lowest BCUT2D eigenvalue weighted by molar-refractivity contribution is 0.423. The minimum atomic E-state index is -0.173. The van der Waals surface area contributed by atoms with E-state index < -0.39 is 0 Å². The van der Waals surface area contributed by atoms with E-state index in [4.69, 9.17) is 0 Å². The van der Waals surface area contributed by atoms with E-state index in [2.05, 4.69) is 42.0 Å². The van der Waals surface area contributed by atoms with Gasteiger partial charge in [-0.05, 0) is 56.7 Å². The summed E-state index contributed by atoms with van der Waals surface area (Å²) in [6.45, 7) is 6.96. The zero-order valence-electron chi connectivity index (χ0n) is 12.4. The molecule has 0 fully saturated rings. The van der Waals surface area contributed by atoms with Crippen LogP contribution in [0.5, 0.6) is 0 Å². The highest BCUT2D eigenvalue weighted by atomic mass is 79.9. The van der Waals surface area contributed by atoms with Crippen molar-refractivity contribution in [3.8, 4) is 0 Å². The largest absolute Gasteiger partial charge is 0.308 e. The second kappa shape index (κ2) is 6.95. The van der Waals surface area contributed by atoms with Crippen molar-refractivity contribution in [2.45, 2.75) is 42.6 Å². The van der Waals surface area contributed by atoms with Gasteiger partial charge in [0.05, 0.1) is 0 Å². The molecular weight excluding hydrogens is 349 g/mol. The monoisotopic (exact) mass is 367 g/mol. The summed E-state index contributed by atoms with van der Waals surface area (Å²) < 4.78 is 15.2. The van der Waals surface area contributed by atoms with Crippen LogP contribution >= 0.6 is 27.7 Å². The Kier molecular flexibility index (Phi) is 5.47. The van der Waals surface area contributed by atoms with Crippen LogP contribution in [0, 0.1) is 5.82 Å². The second-order valence-electron chi connectivity index (χ2n) is 5.93. The highest BCUT2D eigenvalue weighted by Gasteiger charge is 2.10. The summed E-state index contributed by atoms with van der Waals surface area (Å²) in [5.41, 5.74) is 0.987. The summed E-state index contributed by atoms with van der Waals surface area (Å²) in [4.78, 5) is 1.66. The molecule has 0 amide bonds. The van der Waals surface area contributed by atoms with E-state index in [0.29, 0.717) is 11.4 Å². The average molecular weight is 368 g/mol. The summed E-state index contributed by atoms with van der Waals surface area (Å²) in [6, 6.07) is 13.3. The van der Waals surface area contributed by atoms with Gasteiger partial charge >= 0.3 is 0 Å². The maximum absolute atomic E-state index is 14.2. The maximum atomic E-state index is 14.2. The molecular formula is C17H19BrFNS. The third kappa shape index (κ3) is 5.46. The summed E-state index contributed by atoms with van der Waals surface area (Å²) in [5.74, 6) is -0.173. The first-order chi connectivity index (χ1) is 9.83. The predicted molar refractivity (Wildman–Crippen MR) is 91.3 cm³/mol. The van der Waals surface area contributed by atoms with Crippen LogP contribution < -0.4 is 5.32 Å². The van der Waals surface area contributed by atoms with Crippen LogP contribution in [-0.2, 0) is 6.54 Å². The lowest BCUT2D eigenvalue weighted by Gasteiger charge is -2.20. The van der Waals surface area contributed by atoms with E-state index in [0.717, 1.165) is 14.9 Å². The van der Waals surface area contributed by atoms with Crippen LogP contribution in [0.25, 0.3) is 0 Å². The zero-order chi connectivity index (χ0) is 15.5. The van der Waals surface area contributed by atoms with Gasteiger partial charge in [-0.1, -0.05) is 39.8 Å². The van der Waals surface area contributed by atoms with Crippen molar-refractivity contribution < 1.29 is 4.39 Å². The number of nitrogens with one attached hydrogen (secondary N) is 1. The van der Waals surface area contributed by atoms with Gasteiger partial charge in [0.15, 0.2) is 0 Å². The molecule has 4 heteroatoms. The van der Waals surface area contributed by atoms with E-state index in [1.54, 1.807) is 6.07 Å². The van der Waals surface area contributed by atoms with Crippen molar-refractivity contribution in [3.63, 3.8) is 0 Å². The molecule has 112 valence electrons. The molecule has 0 radical (unpaired) electrons. The van der Waals surface area contributed by atoms with Gasteiger partial charge in [0, 0.05) is 26.3 Å². The van der Waals surface area contributed by atoms with Crippen LogP contribution in [0.1, 0.15) is 26.3 Å². The molecule has 0 saturated carbocycles. The first-order valence-electron chi connectivity index (χ1n) is 6.80. The van der Waals surface area contributed by atoms with E-state index in [1.807, 2.05) is 36.4 Å². The first kappa shape index (κ1) is 16.5. The highest BCUT2D eigenvalue weighted by molar-refractivity contribution is 9.10. The van der Waals surface area contributed by atoms with E-state index in [1.165, 1.54) is 11.8 Å². The lowest BCUT2D eigenvalue weighted by Crippen LogP contribution is -2.35. The number of hydrogen-bond acceptors (Lipinski definition) is 2. The van der Waals surface area contributed by atoms with E-state index in [-0.39, 0.29) is 11.4 Å². The van der Waals surface area contributed by atoms with Gasteiger partial charge < -0.3 is 5.32 Å². The summed E-state index contributed by atoms with van der Waals surface area (Å²) in [6.07, 6.45) is 0. The molecule has 0 aliphatic rings. The summed E-state index contributed by atoms with van der Waals surface area (Å²) in [7, 11) is 0. The van der Waals surface area contributed by atoms with Gasteiger partial charge in [-0.15, -0.1) is 0 Å². The molecule has 0 aliphatic carbocycles. The molecule has 2 rings (SSSR count). The fraction of sp³-hybridized carbons (Fsp3) is 0.294. The predicted octanol–water partition coefficient (Wildman–Crippen LogP) is 5.63. The molecule has 2 aromatic rings. The standard InChI is InChI=1S/C17H19BrFNS/c1-17(2,3)20-11-12-7-8-16(15(19)9-12)21-14-6-4-5-13(18)10-14/h4-10,20H,11H2,1-3H3. The normalized spacial score (nSPS) is 11.7. The number of rotatable bonds is 4. The number of halogens is 2. The Hall–Kier alpha value is -0.840. The molecule has 21 heavy (non-hydrogen) atoms. The topological polar surface area (TPSA) is 12.0 Å². The summed E-state index contributed by atoms with van der Waals surface area (Å²) in [5, 5.41) is 3.36. The number of hydrogen-bond donors (Lipinski definition) is 1. The van der Waals surface area contributed by atoms with Crippen molar-refractivity contribution in [2.24, 2.45) is 0 Å². The van der Waals surface area contributed by atoms with Crippen LogP contribution in [0.4, 0.5) is 4.39 Å². The van der Waals surface area contributed by atoms with Crippen molar-refractivity contribution in [1.82, 2.24) is 5.32 Å². The van der Waals surface area contributed by atoms with Crippen molar-refractivity contribution in [1.29, 1.82) is 0 Å². The fourth-order valence-electron chi connectivity index (χ4n) is 1.76. The Morgan fingerprint density at radius 3 is 2.52 bits per heavy atom. The molecule has 1 N–H and O–H groups in total. The van der Waals surface area contributed by atoms with E-state index >= 15 is 0 Å². The fourth-order valence-corrected chi connectivity index (χ4v) is 3.19. The van der Waals surface area contributed by atoms with Gasteiger partial charge in [0.1, 0.15) is 5.82 Å². The molecule has 0 saturated heterocycles. The van der Waals surface area contributed by atoms with Gasteiger partial charge in [0.25, 0.3) is 0 Å². The van der Waals surface area contributed by atoms with Crippen LogP contribution in [0.15, 0.2) is 56.7 Å². The Balaban J connectivity index is 2.09. The SMILES string of the molecule is CC(C)(C)NCc1ccc(Sc2cccc(Br)c2)c(F)c1. The van der Waals surface area contributed by atoms with Gasteiger partial charge in [0.2, 0.25) is 0 Å². The van der Waals surface area contributed by atoms with Crippen LogP contribution in [0.3, 0.4) is 0 Å². The van der Waals surface area contributed by atoms with Gasteiger partial charge in [-0.3, -0.25) is 0 Å². The van der Waals surface area contributed by atoms with Crippen LogP contribution in [0.2, 0.25) is 0 Å². The van der Waals surface area contributed by atoms with Gasteiger partial charge in [-0.2, -0.15) is 0 Å². The maximum Gasteiger partial charge on any atom is 0.137 e. The summed E-state index contributed by atoms with van der Waals surface area (Å²) >= 11 is 4.86. The zero-order valence-corrected chi connectivity index (χ0v) is 14.8. The average Bonchev–Trinajstić information content (AvgIpc) is 2.38. The third-order valence-corrected chi connectivity index (χ3v) is 4.38. The Morgan fingerprint density at radius 2 is 1.90 bits per heavy atom. The molecule has 0 unspecified atom stereocenters. The smallest absolute Gasteiger partial charge is 0.137 e. The first-order valence-corrected chi connectivity index (χ1v) is 8.41. The molecule has 2 aromatic carbocycles. The van der Waals surface area contributed by atoms with Crippen molar-refractivity contribution in [3.05, 3.63) is 58.3 Å². The lowest BCUT2D eigenvalue weighted by atomic mass is 10.1. The van der Waals surface area contributed by atoms with Crippen molar-refractivity contribution in [2.75, 3.05) is 0 Å². The Bertz CT molecular complexity index is 622. The van der Waals surface area contributed by atoms with E-state index in [9.17, 15) is 4.39 Å².